The Kier molecular flexibility index (Phi) is 4.97. The first kappa shape index (κ1) is 18.4. The predicted octanol–water partition coefficient (Wildman–Crippen LogP) is 5.68. The monoisotopic (exact) mass is 392 g/mol. The smallest absolute Gasteiger partial charge is 0.256 e. The van der Waals surface area contributed by atoms with Gasteiger partial charge in [-0.2, -0.15) is 0 Å². The van der Waals surface area contributed by atoms with E-state index in [0.29, 0.717) is 10.8 Å². The van der Waals surface area contributed by atoms with E-state index in [-0.39, 0.29) is 18.1 Å². The number of hydrogen-bond donors (Lipinski definition) is 1. The van der Waals surface area contributed by atoms with Gasteiger partial charge in [0, 0.05) is 16.8 Å². The summed E-state index contributed by atoms with van der Waals surface area (Å²) in [5.41, 5.74) is 3.60. The number of methoxy groups -OCH3 is 1. The van der Waals surface area contributed by atoms with Gasteiger partial charge in [0.1, 0.15) is 11.9 Å². The van der Waals surface area contributed by atoms with Crippen molar-refractivity contribution in [2.45, 2.75) is 19.1 Å². The van der Waals surface area contributed by atoms with E-state index in [1.165, 1.54) is 0 Å². The summed E-state index contributed by atoms with van der Waals surface area (Å²) in [6, 6.07) is 23.2. The number of rotatable bonds is 5. The normalized spacial score (nSPS) is 16.6. The third-order valence-corrected chi connectivity index (χ3v) is 5.45. The zero-order valence-electron chi connectivity index (χ0n) is 15.7. The lowest BCUT2D eigenvalue weighted by molar-refractivity contribution is 0.0667. The quantitative estimate of drug-likeness (QED) is 0.607. The molecule has 0 unspecified atom stereocenters. The second-order valence-electron chi connectivity index (χ2n) is 6.78. The van der Waals surface area contributed by atoms with Crippen molar-refractivity contribution < 1.29 is 9.53 Å². The van der Waals surface area contributed by atoms with Crippen molar-refractivity contribution in [3.63, 3.8) is 0 Å². The van der Waals surface area contributed by atoms with Crippen LogP contribution in [0.25, 0.3) is 0 Å². The molecule has 142 valence electrons. The van der Waals surface area contributed by atoms with Crippen molar-refractivity contribution >= 4 is 23.2 Å². The number of hydrogen-bond acceptors (Lipinski definition) is 3. The first-order valence-corrected chi connectivity index (χ1v) is 9.54. The van der Waals surface area contributed by atoms with E-state index in [0.717, 1.165) is 22.4 Å². The van der Waals surface area contributed by atoms with Crippen LogP contribution in [0.2, 0.25) is 5.02 Å². The maximum absolute atomic E-state index is 13.2. The number of carbonyl (C=O) groups excluding carboxylic acids is 1. The Bertz CT molecular complexity index is 1010. The Morgan fingerprint density at radius 2 is 1.75 bits per heavy atom. The maximum atomic E-state index is 13.2. The largest absolute Gasteiger partial charge is 0.495 e. The Labute approximate surface area is 169 Å². The summed E-state index contributed by atoms with van der Waals surface area (Å²) in [5.74, 6) is 0.633. The molecule has 3 aromatic carbocycles. The molecule has 3 aromatic rings. The number of anilines is 1. The molecule has 2 atom stereocenters. The Morgan fingerprint density at radius 3 is 2.46 bits per heavy atom. The molecule has 5 heteroatoms. The van der Waals surface area contributed by atoms with Crippen LogP contribution >= 0.6 is 11.6 Å². The number of fused-ring (bicyclic) bond motifs is 1. The number of ether oxygens (including phenoxy) is 1. The van der Waals surface area contributed by atoms with Crippen molar-refractivity contribution in [1.29, 1.82) is 0 Å². The van der Waals surface area contributed by atoms with Gasteiger partial charge in [0.25, 0.3) is 5.91 Å². The molecule has 0 bridgehead atoms. The molecule has 1 aliphatic rings. The molecule has 1 heterocycles. The van der Waals surface area contributed by atoms with E-state index in [9.17, 15) is 4.79 Å². The number of amides is 1. The zero-order valence-corrected chi connectivity index (χ0v) is 16.5. The molecule has 1 N–H and O–H groups in total. The lowest BCUT2D eigenvalue weighted by Gasteiger charge is -2.32. The summed E-state index contributed by atoms with van der Waals surface area (Å²) in [4.78, 5) is 15.1. The molecule has 0 spiro atoms. The molecule has 1 amide bonds. The number of nitrogens with zero attached hydrogens (tertiary/aromatic N) is 1. The van der Waals surface area contributed by atoms with Crippen LogP contribution in [-0.4, -0.2) is 17.9 Å². The van der Waals surface area contributed by atoms with Crippen LogP contribution in [0, 0.1) is 0 Å². The van der Waals surface area contributed by atoms with Gasteiger partial charge in [0.15, 0.2) is 0 Å². The molecule has 28 heavy (non-hydrogen) atoms. The van der Waals surface area contributed by atoms with E-state index in [4.69, 9.17) is 16.3 Å². The fraction of sp³-hybridized carbons (Fsp3) is 0.174. The van der Waals surface area contributed by atoms with Crippen molar-refractivity contribution in [2.24, 2.45) is 0 Å². The van der Waals surface area contributed by atoms with Gasteiger partial charge < -0.3 is 15.0 Å². The minimum atomic E-state index is -0.289. The zero-order chi connectivity index (χ0) is 19.7. The first-order valence-electron chi connectivity index (χ1n) is 9.16. The molecule has 0 fully saturated rings. The lowest BCUT2D eigenvalue weighted by atomic mass is 10.1. The molecule has 0 saturated heterocycles. The summed E-state index contributed by atoms with van der Waals surface area (Å²) >= 11 is 6.29. The summed E-state index contributed by atoms with van der Waals surface area (Å²) in [7, 11) is 1.59. The highest BCUT2D eigenvalue weighted by Crippen LogP contribution is 2.40. The minimum absolute atomic E-state index is 0.0176. The molecule has 0 radical (unpaired) electrons. The van der Waals surface area contributed by atoms with Crippen LogP contribution in [0.1, 0.15) is 40.6 Å². The maximum Gasteiger partial charge on any atom is 0.256 e. The van der Waals surface area contributed by atoms with E-state index in [2.05, 4.69) is 12.2 Å². The fourth-order valence-electron chi connectivity index (χ4n) is 3.69. The van der Waals surface area contributed by atoms with Crippen LogP contribution < -0.4 is 10.1 Å². The summed E-state index contributed by atoms with van der Waals surface area (Å²) in [5, 5.41) is 4.01. The van der Waals surface area contributed by atoms with E-state index in [1.807, 2.05) is 77.7 Å². The fourth-order valence-corrected chi connectivity index (χ4v) is 3.95. The molecule has 4 rings (SSSR count). The van der Waals surface area contributed by atoms with Gasteiger partial charge in [-0.3, -0.25) is 4.79 Å². The highest BCUT2D eigenvalue weighted by molar-refractivity contribution is 6.32. The highest BCUT2D eigenvalue weighted by atomic mass is 35.5. The first-order chi connectivity index (χ1) is 13.6. The van der Waals surface area contributed by atoms with Gasteiger partial charge in [-0.25, -0.2) is 0 Å². The second kappa shape index (κ2) is 7.56. The van der Waals surface area contributed by atoms with Gasteiger partial charge >= 0.3 is 0 Å². The van der Waals surface area contributed by atoms with Crippen molar-refractivity contribution in [3.05, 3.63) is 94.5 Å². The van der Waals surface area contributed by atoms with Crippen molar-refractivity contribution in [2.75, 3.05) is 12.4 Å². The topological polar surface area (TPSA) is 41.6 Å². The van der Waals surface area contributed by atoms with Crippen LogP contribution in [-0.2, 0) is 0 Å². The van der Waals surface area contributed by atoms with Gasteiger partial charge in [0.05, 0.1) is 18.2 Å². The number of nitrogens with one attached hydrogen (secondary N) is 1. The van der Waals surface area contributed by atoms with Crippen molar-refractivity contribution in [3.8, 4) is 5.75 Å². The van der Waals surface area contributed by atoms with Crippen molar-refractivity contribution in [1.82, 2.24) is 4.90 Å². The number of carbonyl (C=O) groups is 1. The van der Waals surface area contributed by atoms with Crippen LogP contribution in [0.4, 0.5) is 5.69 Å². The molecule has 0 aliphatic carbocycles. The highest BCUT2D eigenvalue weighted by Gasteiger charge is 2.39. The minimum Gasteiger partial charge on any atom is -0.495 e. The summed E-state index contributed by atoms with van der Waals surface area (Å²) < 4.78 is 5.24. The van der Waals surface area contributed by atoms with Gasteiger partial charge in [-0.1, -0.05) is 60.1 Å². The molecular formula is C23H21ClN2O2. The molecule has 0 aromatic heterocycles. The lowest BCUT2D eigenvalue weighted by Crippen LogP contribution is -2.34. The third kappa shape index (κ3) is 3.20. The van der Waals surface area contributed by atoms with Gasteiger partial charge in [-0.15, -0.1) is 0 Å². The van der Waals surface area contributed by atoms with Crippen LogP contribution in [0.5, 0.6) is 5.75 Å². The Morgan fingerprint density at radius 1 is 1.04 bits per heavy atom. The van der Waals surface area contributed by atoms with E-state index >= 15 is 0 Å². The number of halogens is 1. The Hall–Kier alpha value is -2.98. The SMILES string of the molecule is COc1ccc(N[C@@H]2c3ccccc3C(=O)N2[C@@H](C)c2ccccc2)cc1Cl. The van der Waals surface area contributed by atoms with Crippen LogP contribution in [0.3, 0.4) is 0 Å². The third-order valence-electron chi connectivity index (χ3n) is 5.15. The van der Waals surface area contributed by atoms with E-state index in [1.54, 1.807) is 7.11 Å². The molecule has 0 saturated carbocycles. The molecular weight excluding hydrogens is 372 g/mol. The second-order valence-corrected chi connectivity index (χ2v) is 7.19. The summed E-state index contributed by atoms with van der Waals surface area (Å²) in [6.45, 7) is 2.05. The Balaban J connectivity index is 1.72. The number of benzene rings is 3. The average Bonchev–Trinajstić information content (AvgIpc) is 3.00. The standard InChI is InChI=1S/C23H21ClN2O2/c1-15(16-8-4-3-5-9-16)26-22(18-10-6-7-11-19(18)23(26)27)25-17-12-13-21(28-2)20(24)14-17/h3-15,22,25H,1-2H3/t15-,22-/m0/s1. The van der Waals surface area contributed by atoms with Gasteiger partial charge in [-0.05, 0) is 36.8 Å². The molecule has 1 aliphatic heterocycles. The van der Waals surface area contributed by atoms with E-state index < -0.39 is 0 Å². The summed E-state index contributed by atoms with van der Waals surface area (Å²) in [6.07, 6.45) is -0.289. The van der Waals surface area contributed by atoms with Gasteiger partial charge in [0.2, 0.25) is 0 Å². The predicted molar refractivity (Wildman–Crippen MR) is 112 cm³/mol. The average molecular weight is 393 g/mol. The van der Waals surface area contributed by atoms with Crippen LogP contribution in [0.15, 0.2) is 72.8 Å². The molecule has 4 nitrogen and oxygen atoms in total.